The van der Waals surface area contributed by atoms with Gasteiger partial charge in [0.05, 0.1) is 5.60 Å². The summed E-state index contributed by atoms with van der Waals surface area (Å²) < 4.78 is 0. The Morgan fingerprint density at radius 3 is 2.79 bits per heavy atom. The molecule has 2 N–H and O–H groups in total. The predicted octanol–water partition coefficient (Wildman–Crippen LogP) is 2.71. The molecule has 0 saturated carbocycles. The molecule has 19 heavy (non-hydrogen) atoms. The van der Waals surface area contributed by atoms with Crippen LogP contribution in [0.25, 0.3) is 0 Å². The van der Waals surface area contributed by atoms with E-state index in [0.717, 1.165) is 25.9 Å². The molecule has 0 bridgehead atoms. The van der Waals surface area contributed by atoms with Crippen molar-refractivity contribution >= 4 is 5.69 Å². The number of β-amino-alcohol motifs (C(OH)–C–C–N with tert-alkyl or cyclic N) is 1. The maximum Gasteiger partial charge on any atom is 0.0791 e. The Labute approximate surface area is 116 Å². The highest BCUT2D eigenvalue weighted by molar-refractivity contribution is 5.57. The minimum atomic E-state index is -0.613. The van der Waals surface area contributed by atoms with Gasteiger partial charge in [-0.2, -0.15) is 0 Å². The van der Waals surface area contributed by atoms with Crippen molar-refractivity contribution in [3.63, 3.8) is 0 Å². The SMILES string of the molecule is CCNC1CCN(CC(C)(O)CC)c2ccccc21. The van der Waals surface area contributed by atoms with Gasteiger partial charge in [-0.25, -0.2) is 0 Å². The summed E-state index contributed by atoms with van der Waals surface area (Å²) >= 11 is 0. The zero-order valence-corrected chi connectivity index (χ0v) is 12.3. The molecule has 1 aromatic carbocycles. The highest BCUT2D eigenvalue weighted by Gasteiger charge is 2.28. The third-order valence-corrected chi connectivity index (χ3v) is 4.08. The number of fused-ring (bicyclic) bond motifs is 1. The van der Waals surface area contributed by atoms with E-state index < -0.39 is 5.60 Å². The normalized spacial score (nSPS) is 21.9. The quantitative estimate of drug-likeness (QED) is 0.856. The molecule has 0 radical (unpaired) electrons. The Hall–Kier alpha value is -1.06. The lowest BCUT2D eigenvalue weighted by molar-refractivity contribution is 0.0624. The first-order valence-electron chi connectivity index (χ1n) is 7.37. The second kappa shape index (κ2) is 5.93. The average Bonchev–Trinajstić information content (AvgIpc) is 2.42. The summed E-state index contributed by atoms with van der Waals surface area (Å²) in [5, 5.41) is 13.9. The number of nitrogens with one attached hydrogen (secondary N) is 1. The molecule has 0 amide bonds. The molecule has 0 aromatic heterocycles. The average molecular weight is 262 g/mol. The lowest BCUT2D eigenvalue weighted by Gasteiger charge is -2.39. The summed E-state index contributed by atoms with van der Waals surface area (Å²) in [6, 6.07) is 9.01. The zero-order chi connectivity index (χ0) is 13.9. The molecular formula is C16H26N2O. The van der Waals surface area contributed by atoms with Crippen LogP contribution in [0, 0.1) is 0 Å². The highest BCUT2D eigenvalue weighted by Crippen LogP contribution is 2.34. The van der Waals surface area contributed by atoms with Crippen LogP contribution in [0.2, 0.25) is 0 Å². The number of hydrogen-bond donors (Lipinski definition) is 2. The van der Waals surface area contributed by atoms with Crippen molar-refractivity contribution in [3.8, 4) is 0 Å². The van der Waals surface area contributed by atoms with Crippen molar-refractivity contribution < 1.29 is 5.11 Å². The molecule has 1 aromatic rings. The molecule has 2 atom stereocenters. The van der Waals surface area contributed by atoms with E-state index >= 15 is 0 Å². The van der Waals surface area contributed by atoms with Gasteiger partial charge in [-0.05, 0) is 37.9 Å². The molecule has 2 rings (SSSR count). The number of rotatable bonds is 5. The van der Waals surface area contributed by atoms with Crippen LogP contribution < -0.4 is 10.2 Å². The van der Waals surface area contributed by atoms with Gasteiger partial charge in [-0.1, -0.05) is 32.0 Å². The number of hydrogen-bond acceptors (Lipinski definition) is 3. The molecule has 1 aliphatic rings. The van der Waals surface area contributed by atoms with E-state index in [9.17, 15) is 5.11 Å². The van der Waals surface area contributed by atoms with E-state index in [-0.39, 0.29) is 0 Å². The van der Waals surface area contributed by atoms with E-state index in [1.807, 2.05) is 13.8 Å². The highest BCUT2D eigenvalue weighted by atomic mass is 16.3. The number of aliphatic hydroxyl groups is 1. The van der Waals surface area contributed by atoms with E-state index in [4.69, 9.17) is 0 Å². The first kappa shape index (κ1) is 14.4. The summed E-state index contributed by atoms with van der Waals surface area (Å²) in [6.07, 6.45) is 1.88. The topological polar surface area (TPSA) is 35.5 Å². The molecule has 3 heteroatoms. The molecule has 0 saturated heterocycles. The maximum absolute atomic E-state index is 10.3. The van der Waals surface area contributed by atoms with Crippen LogP contribution in [-0.4, -0.2) is 30.3 Å². The molecule has 3 nitrogen and oxygen atoms in total. The van der Waals surface area contributed by atoms with Crippen LogP contribution in [0.5, 0.6) is 0 Å². The Morgan fingerprint density at radius 2 is 2.11 bits per heavy atom. The molecule has 1 aliphatic heterocycles. The van der Waals surface area contributed by atoms with Crippen molar-refractivity contribution in [1.82, 2.24) is 5.32 Å². The Balaban J connectivity index is 2.23. The molecule has 0 spiro atoms. The van der Waals surface area contributed by atoms with Crippen LogP contribution in [0.4, 0.5) is 5.69 Å². The Bertz CT molecular complexity index is 417. The molecular weight excluding hydrogens is 236 g/mol. The maximum atomic E-state index is 10.3. The van der Waals surface area contributed by atoms with Gasteiger partial charge in [0.1, 0.15) is 0 Å². The van der Waals surface area contributed by atoms with Crippen LogP contribution >= 0.6 is 0 Å². The van der Waals surface area contributed by atoms with Gasteiger partial charge in [-0.3, -0.25) is 0 Å². The third kappa shape index (κ3) is 3.28. The summed E-state index contributed by atoms with van der Waals surface area (Å²) in [7, 11) is 0. The van der Waals surface area contributed by atoms with Gasteiger partial charge in [0.25, 0.3) is 0 Å². The van der Waals surface area contributed by atoms with Crippen molar-refractivity contribution in [3.05, 3.63) is 29.8 Å². The minimum Gasteiger partial charge on any atom is -0.388 e. The van der Waals surface area contributed by atoms with Gasteiger partial charge in [0, 0.05) is 24.8 Å². The lowest BCUT2D eigenvalue weighted by Crippen LogP contribution is -2.44. The summed E-state index contributed by atoms with van der Waals surface area (Å²) in [5.74, 6) is 0. The fourth-order valence-corrected chi connectivity index (χ4v) is 2.78. The van der Waals surface area contributed by atoms with Gasteiger partial charge >= 0.3 is 0 Å². The Kier molecular flexibility index (Phi) is 4.48. The van der Waals surface area contributed by atoms with Gasteiger partial charge in [-0.15, -0.1) is 0 Å². The van der Waals surface area contributed by atoms with Gasteiger partial charge in [0.2, 0.25) is 0 Å². The number of benzene rings is 1. The molecule has 2 unspecified atom stereocenters. The molecule has 1 heterocycles. The monoisotopic (exact) mass is 262 g/mol. The fraction of sp³-hybridized carbons (Fsp3) is 0.625. The van der Waals surface area contributed by atoms with E-state index in [1.165, 1.54) is 11.3 Å². The van der Waals surface area contributed by atoms with E-state index in [1.54, 1.807) is 0 Å². The van der Waals surface area contributed by atoms with Gasteiger partial charge in [0.15, 0.2) is 0 Å². The first-order valence-corrected chi connectivity index (χ1v) is 7.37. The van der Waals surface area contributed by atoms with Crippen molar-refractivity contribution in [2.75, 3.05) is 24.5 Å². The predicted molar refractivity (Wildman–Crippen MR) is 80.6 cm³/mol. The lowest BCUT2D eigenvalue weighted by atomic mass is 9.94. The van der Waals surface area contributed by atoms with Gasteiger partial charge < -0.3 is 15.3 Å². The number of nitrogens with zero attached hydrogens (tertiary/aromatic N) is 1. The first-order chi connectivity index (χ1) is 9.07. The smallest absolute Gasteiger partial charge is 0.0791 e. The largest absolute Gasteiger partial charge is 0.388 e. The summed E-state index contributed by atoms with van der Waals surface area (Å²) in [4.78, 5) is 2.33. The third-order valence-electron chi connectivity index (χ3n) is 4.08. The number of para-hydroxylation sites is 1. The van der Waals surface area contributed by atoms with Crippen molar-refractivity contribution in [1.29, 1.82) is 0 Å². The number of anilines is 1. The van der Waals surface area contributed by atoms with Crippen LogP contribution in [0.15, 0.2) is 24.3 Å². The van der Waals surface area contributed by atoms with Crippen molar-refractivity contribution in [2.24, 2.45) is 0 Å². The van der Waals surface area contributed by atoms with E-state index in [2.05, 4.69) is 41.4 Å². The van der Waals surface area contributed by atoms with Crippen LogP contribution in [0.3, 0.4) is 0 Å². The van der Waals surface area contributed by atoms with Crippen LogP contribution in [0.1, 0.15) is 45.2 Å². The fourth-order valence-electron chi connectivity index (χ4n) is 2.78. The zero-order valence-electron chi connectivity index (χ0n) is 12.3. The molecule has 0 fully saturated rings. The van der Waals surface area contributed by atoms with Crippen LogP contribution in [-0.2, 0) is 0 Å². The Morgan fingerprint density at radius 1 is 1.37 bits per heavy atom. The standard InChI is InChI=1S/C16H26N2O/c1-4-16(3,19)12-18-11-10-14(17-5-2)13-8-6-7-9-15(13)18/h6-9,14,17,19H,4-5,10-12H2,1-3H3. The summed E-state index contributed by atoms with van der Waals surface area (Å²) in [5.41, 5.74) is 2.02. The second-order valence-electron chi connectivity index (χ2n) is 5.73. The summed E-state index contributed by atoms with van der Waals surface area (Å²) in [6.45, 7) is 8.82. The second-order valence-corrected chi connectivity index (χ2v) is 5.73. The molecule has 106 valence electrons. The van der Waals surface area contributed by atoms with Crippen molar-refractivity contribution in [2.45, 2.75) is 45.3 Å². The minimum absolute atomic E-state index is 0.448. The van der Waals surface area contributed by atoms with E-state index in [0.29, 0.717) is 12.6 Å². The molecule has 0 aliphatic carbocycles.